The Morgan fingerprint density at radius 1 is 1.62 bits per heavy atom. The number of carboxylic acid groups (broad SMARTS) is 1. The van der Waals surface area contributed by atoms with Gasteiger partial charge in [-0.05, 0) is 6.92 Å². The lowest BCUT2D eigenvalue weighted by molar-refractivity contribution is -0.836. The summed E-state index contributed by atoms with van der Waals surface area (Å²) < 4.78 is -0.0694. The van der Waals surface area contributed by atoms with Gasteiger partial charge in [0.1, 0.15) is 0 Å². The summed E-state index contributed by atoms with van der Waals surface area (Å²) in [7, 11) is 3.19. The van der Waals surface area contributed by atoms with Crippen LogP contribution in [0.2, 0.25) is 0 Å². The molecular weight excluding hydrogens is 106 g/mol. The standard InChI is InChI=1S/C5H11NO2/c1-4-6(2,3)5(7)8/h4H2,1-3H3. The minimum atomic E-state index is -1.03. The molecule has 0 radical (unpaired) electrons. The summed E-state index contributed by atoms with van der Waals surface area (Å²) >= 11 is 0. The fourth-order valence-electron chi connectivity index (χ4n) is 0.129. The number of rotatable bonds is 1. The summed E-state index contributed by atoms with van der Waals surface area (Å²) in [6.07, 6.45) is -1.03. The van der Waals surface area contributed by atoms with Crippen molar-refractivity contribution in [1.29, 1.82) is 0 Å². The Morgan fingerprint density at radius 2 is 2.00 bits per heavy atom. The van der Waals surface area contributed by atoms with Gasteiger partial charge < -0.3 is 9.90 Å². The highest BCUT2D eigenvalue weighted by molar-refractivity contribution is 5.53. The van der Waals surface area contributed by atoms with Crippen molar-refractivity contribution in [3.63, 3.8) is 0 Å². The highest BCUT2D eigenvalue weighted by atomic mass is 16.4. The van der Waals surface area contributed by atoms with E-state index in [1.165, 1.54) is 0 Å². The fraction of sp³-hybridized carbons (Fsp3) is 0.800. The third-order valence-electron chi connectivity index (χ3n) is 1.28. The molecule has 0 aliphatic rings. The molecule has 0 fully saturated rings. The largest absolute Gasteiger partial charge is 0.498 e. The zero-order chi connectivity index (χ0) is 6.78. The van der Waals surface area contributed by atoms with Crippen molar-refractivity contribution in [2.24, 2.45) is 0 Å². The van der Waals surface area contributed by atoms with Crippen molar-refractivity contribution >= 4 is 6.09 Å². The van der Waals surface area contributed by atoms with E-state index in [0.717, 1.165) is 0 Å². The quantitative estimate of drug-likeness (QED) is 0.431. The second kappa shape index (κ2) is 2.13. The predicted molar refractivity (Wildman–Crippen MR) is 28.0 cm³/mol. The van der Waals surface area contributed by atoms with E-state index >= 15 is 0 Å². The molecule has 1 amide bonds. The van der Waals surface area contributed by atoms with E-state index in [-0.39, 0.29) is 4.48 Å². The molecule has 0 saturated carbocycles. The third-order valence-corrected chi connectivity index (χ3v) is 1.28. The number of amides is 1. The van der Waals surface area contributed by atoms with Crippen molar-refractivity contribution in [2.75, 3.05) is 20.6 Å². The summed E-state index contributed by atoms with van der Waals surface area (Å²) in [4.78, 5) is 10.1. The molecule has 3 nitrogen and oxygen atoms in total. The van der Waals surface area contributed by atoms with Crippen molar-refractivity contribution in [3.8, 4) is 0 Å². The molecule has 3 heteroatoms. The maximum Gasteiger partial charge on any atom is 0.256 e. The number of hydrogen-bond acceptors (Lipinski definition) is 2. The van der Waals surface area contributed by atoms with Crippen LogP contribution < -0.4 is 5.11 Å². The summed E-state index contributed by atoms with van der Waals surface area (Å²) in [6.45, 7) is 2.36. The highest BCUT2D eigenvalue weighted by Crippen LogP contribution is 1.91. The summed E-state index contributed by atoms with van der Waals surface area (Å²) in [6, 6.07) is 0. The lowest BCUT2D eigenvalue weighted by atomic mass is 10.5. The molecule has 0 aliphatic carbocycles. The smallest absolute Gasteiger partial charge is 0.256 e. The van der Waals surface area contributed by atoms with Gasteiger partial charge in [0.25, 0.3) is 6.09 Å². The number of quaternary nitrogens is 1. The Kier molecular flexibility index (Phi) is 1.98. The van der Waals surface area contributed by atoms with Crippen molar-refractivity contribution in [2.45, 2.75) is 6.92 Å². The van der Waals surface area contributed by atoms with Crippen LogP contribution in [0.1, 0.15) is 6.92 Å². The minimum absolute atomic E-state index is 0.0694. The second-order valence-electron chi connectivity index (χ2n) is 2.27. The Bertz CT molecular complexity index is 98.6. The molecular formula is C5H11NO2. The normalized spacial score (nSPS) is 11.4. The lowest BCUT2D eigenvalue weighted by Crippen LogP contribution is -2.52. The molecule has 0 aromatic rings. The van der Waals surface area contributed by atoms with Crippen LogP contribution >= 0.6 is 0 Å². The average molecular weight is 117 g/mol. The fourth-order valence-corrected chi connectivity index (χ4v) is 0.129. The van der Waals surface area contributed by atoms with E-state index in [1.54, 1.807) is 21.0 Å². The van der Waals surface area contributed by atoms with Gasteiger partial charge in [0, 0.05) is 0 Å². The Labute approximate surface area is 49.1 Å². The van der Waals surface area contributed by atoms with Crippen LogP contribution in [0.5, 0.6) is 0 Å². The Hall–Kier alpha value is -0.570. The monoisotopic (exact) mass is 117 g/mol. The van der Waals surface area contributed by atoms with Crippen LogP contribution in [0.3, 0.4) is 0 Å². The van der Waals surface area contributed by atoms with Crippen LogP contribution in [-0.2, 0) is 0 Å². The Balaban J connectivity index is 3.91. The predicted octanol–water partition coefficient (Wildman–Crippen LogP) is -0.574. The molecule has 0 bridgehead atoms. The van der Waals surface area contributed by atoms with Crippen LogP contribution in [0.4, 0.5) is 4.79 Å². The first-order chi connectivity index (χ1) is 3.50. The average Bonchev–Trinajstić information content (AvgIpc) is 1.67. The summed E-state index contributed by atoms with van der Waals surface area (Å²) in [5.74, 6) is 0. The van der Waals surface area contributed by atoms with E-state index in [0.29, 0.717) is 6.54 Å². The van der Waals surface area contributed by atoms with Gasteiger partial charge in [0.05, 0.1) is 20.6 Å². The van der Waals surface area contributed by atoms with Gasteiger partial charge in [0.15, 0.2) is 0 Å². The van der Waals surface area contributed by atoms with Crippen molar-refractivity contribution in [1.82, 2.24) is 0 Å². The van der Waals surface area contributed by atoms with E-state index in [9.17, 15) is 9.90 Å². The zero-order valence-electron chi connectivity index (χ0n) is 5.47. The van der Waals surface area contributed by atoms with Crippen LogP contribution in [0, 0.1) is 0 Å². The van der Waals surface area contributed by atoms with Gasteiger partial charge in [-0.2, -0.15) is 0 Å². The first-order valence-electron chi connectivity index (χ1n) is 2.55. The van der Waals surface area contributed by atoms with Crippen LogP contribution in [0.15, 0.2) is 0 Å². The van der Waals surface area contributed by atoms with E-state index in [4.69, 9.17) is 0 Å². The number of carbonyl (C=O) groups excluding carboxylic acids is 1. The molecule has 0 unspecified atom stereocenters. The van der Waals surface area contributed by atoms with E-state index in [2.05, 4.69) is 0 Å². The van der Waals surface area contributed by atoms with Crippen LogP contribution in [-0.4, -0.2) is 31.2 Å². The van der Waals surface area contributed by atoms with Gasteiger partial charge in [-0.25, -0.2) is 0 Å². The zero-order valence-corrected chi connectivity index (χ0v) is 5.47. The van der Waals surface area contributed by atoms with E-state index < -0.39 is 6.09 Å². The van der Waals surface area contributed by atoms with Gasteiger partial charge in [-0.1, -0.05) is 0 Å². The van der Waals surface area contributed by atoms with Gasteiger partial charge in [-0.3, -0.25) is 4.48 Å². The molecule has 0 rings (SSSR count). The maximum absolute atomic E-state index is 10.1. The molecule has 48 valence electrons. The van der Waals surface area contributed by atoms with Gasteiger partial charge >= 0.3 is 0 Å². The lowest BCUT2D eigenvalue weighted by Gasteiger charge is -2.26. The molecule has 0 N–H and O–H groups in total. The number of nitrogens with zero attached hydrogens (tertiary/aromatic N) is 1. The molecule has 0 saturated heterocycles. The first-order valence-corrected chi connectivity index (χ1v) is 2.55. The maximum atomic E-state index is 10.1. The molecule has 0 aliphatic heterocycles. The second-order valence-corrected chi connectivity index (χ2v) is 2.27. The van der Waals surface area contributed by atoms with Crippen molar-refractivity contribution < 1.29 is 14.4 Å². The highest BCUT2D eigenvalue weighted by Gasteiger charge is 2.12. The molecule has 0 heterocycles. The molecule has 0 spiro atoms. The molecule has 8 heavy (non-hydrogen) atoms. The SMILES string of the molecule is CC[N+](C)(C)C(=O)[O-]. The van der Waals surface area contributed by atoms with E-state index in [1.807, 2.05) is 0 Å². The van der Waals surface area contributed by atoms with Crippen LogP contribution in [0.25, 0.3) is 0 Å². The van der Waals surface area contributed by atoms with Crippen molar-refractivity contribution in [3.05, 3.63) is 0 Å². The third kappa shape index (κ3) is 1.50. The topological polar surface area (TPSA) is 40.1 Å². The molecule has 0 aromatic carbocycles. The minimum Gasteiger partial charge on any atom is -0.498 e. The van der Waals surface area contributed by atoms with Gasteiger partial charge in [0.2, 0.25) is 0 Å². The molecule has 0 aromatic heterocycles. The molecule has 0 atom stereocenters. The Morgan fingerprint density at radius 3 is 2.00 bits per heavy atom. The summed E-state index contributed by atoms with van der Waals surface area (Å²) in [5, 5.41) is 10.1. The summed E-state index contributed by atoms with van der Waals surface area (Å²) in [5.41, 5.74) is 0. The number of carbonyl (C=O) groups is 1. The first kappa shape index (κ1) is 7.43. The van der Waals surface area contributed by atoms with Gasteiger partial charge in [-0.15, -0.1) is 0 Å². The number of hydrogen-bond donors (Lipinski definition) is 0.